The van der Waals surface area contributed by atoms with Crippen molar-refractivity contribution in [3.05, 3.63) is 22.6 Å². The molecular weight excluding hydrogens is 168 g/mol. The van der Waals surface area contributed by atoms with Crippen LogP contribution in [-0.2, 0) is 0 Å². The van der Waals surface area contributed by atoms with Gasteiger partial charge in [-0.15, -0.1) is 6.26 Å². The Morgan fingerprint density at radius 2 is 1.77 bits per heavy atom. The highest BCUT2D eigenvalue weighted by molar-refractivity contribution is 5.39. The van der Waals surface area contributed by atoms with Crippen molar-refractivity contribution in [3.8, 4) is 11.5 Å². The summed E-state index contributed by atoms with van der Waals surface area (Å²) >= 11 is 0. The number of benzene rings is 1. The van der Waals surface area contributed by atoms with Crippen LogP contribution in [0, 0.1) is 0 Å². The Balaban J connectivity index is 3.52. The van der Waals surface area contributed by atoms with E-state index in [4.69, 9.17) is 9.47 Å². The largest absolute Gasteiger partial charge is 0.877 e. The lowest BCUT2D eigenvalue weighted by atomic mass is 10.2. The Labute approximate surface area is 76.5 Å². The van der Waals surface area contributed by atoms with Crippen molar-refractivity contribution in [2.24, 2.45) is 0 Å². The van der Waals surface area contributed by atoms with Crippen LogP contribution < -0.4 is 25.0 Å². The van der Waals surface area contributed by atoms with Crippen LogP contribution in [0.5, 0.6) is 11.5 Å². The lowest BCUT2D eigenvalue weighted by Crippen LogP contribution is -2.28. The van der Waals surface area contributed by atoms with E-state index in [2.05, 4.69) is 6.58 Å². The Morgan fingerprint density at radius 1 is 1.23 bits per heavy atom. The Bertz CT molecular complexity index is 395. The summed E-state index contributed by atoms with van der Waals surface area (Å²) in [5.74, 6) is 1.10. The first-order chi connectivity index (χ1) is 6.24. The maximum absolute atomic E-state index is 10.7. The summed E-state index contributed by atoms with van der Waals surface area (Å²) in [6, 6.07) is 3.39. The van der Waals surface area contributed by atoms with E-state index in [0.717, 1.165) is 0 Å². The molecule has 1 rings (SSSR count). The van der Waals surface area contributed by atoms with Gasteiger partial charge in [0, 0.05) is 10.4 Å². The van der Waals surface area contributed by atoms with Gasteiger partial charge in [0.15, 0.2) is 0 Å². The minimum absolute atomic E-state index is 0.432. The van der Waals surface area contributed by atoms with Crippen molar-refractivity contribution in [2.45, 2.75) is 0 Å². The summed E-state index contributed by atoms with van der Waals surface area (Å²) in [7, 11) is 3.04. The van der Waals surface area contributed by atoms with Crippen LogP contribution >= 0.6 is 0 Å². The van der Waals surface area contributed by atoms with Crippen molar-refractivity contribution in [3.63, 3.8) is 0 Å². The lowest BCUT2D eigenvalue weighted by Gasteiger charge is -2.06. The molecule has 0 fully saturated rings. The Hall–Kier alpha value is -1.64. The lowest BCUT2D eigenvalue weighted by molar-refractivity contribution is -0.229. The molecule has 0 saturated heterocycles. The minimum atomic E-state index is 0.432. The zero-order chi connectivity index (χ0) is 9.84. The average molecular weight is 179 g/mol. The van der Waals surface area contributed by atoms with Crippen molar-refractivity contribution >= 4 is 12.8 Å². The van der Waals surface area contributed by atoms with Gasteiger partial charge in [0.1, 0.15) is 11.5 Å². The normalized spacial score (nSPS) is 11.4. The molecule has 0 aliphatic heterocycles. The molecule has 0 spiro atoms. The van der Waals surface area contributed by atoms with E-state index in [1.54, 1.807) is 12.1 Å². The first kappa shape index (κ1) is 9.45. The second kappa shape index (κ2) is 3.85. The van der Waals surface area contributed by atoms with Crippen LogP contribution in [0.2, 0.25) is 0 Å². The summed E-state index contributed by atoms with van der Waals surface area (Å²) in [6.07, 6.45) is 0.712. The maximum Gasteiger partial charge on any atom is 0.126 e. The molecule has 0 N–H and O–H groups in total. The van der Waals surface area contributed by atoms with Gasteiger partial charge in [-0.25, -0.2) is 0 Å². The predicted molar refractivity (Wildman–Crippen MR) is 48.8 cm³/mol. The highest BCUT2D eigenvalue weighted by Crippen LogP contribution is 2.05. The third kappa shape index (κ3) is 1.59. The van der Waals surface area contributed by atoms with E-state index >= 15 is 0 Å². The van der Waals surface area contributed by atoms with Crippen LogP contribution in [0.1, 0.15) is 0 Å². The minimum Gasteiger partial charge on any atom is -0.877 e. The molecule has 0 amide bonds. The third-order valence-electron chi connectivity index (χ3n) is 1.83. The standard InChI is InChI=1S/C10H12O3/c1-7-8(6-11)10(13-3)5-4-9(7)12-2/h4-6,11H,1H2,2-3H3/p-1/b8-6-. The van der Waals surface area contributed by atoms with Crippen LogP contribution in [0.3, 0.4) is 0 Å². The van der Waals surface area contributed by atoms with Gasteiger partial charge < -0.3 is 14.6 Å². The molecule has 70 valence electrons. The van der Waals surface area contributed by atoms with Crippen molar-refractivity contribution < 1.29 is 14.6 Å². The number of hydrogen-bond acceptors (Lipinski definition) is 3. The summed E-state index contributed by atoms with van der Waals surface area (Å²) in [6.45, 7) is 3.73. The van der Waals surface area contributed by atoms with Gasteiger partial charge in [-0.3, -0.25) is 0 Å². The van der Waals surface area contributed by atoms with Gasteiger partial charge in [0.05, 0.1) is 14.2 Å². The molecule has 0 radical (unpaired) electrons. The monoisotopic (exact) mass is 179 g/mol. The van der Waals surface area contributed by atoms with E-state index in [1.807, 2.05) is 0 Å². The molecule has 0 heterocycles. The fraction of sp³-hybridized carbons (Fsp3) is 0.200. The molecule has 1 aromatic rings. The second-order valence-electron chi connectivity index (χ2n) is 2.48. The molecular formula is C10H11O3-. The van der Waals surface area contributed by atoms with Gasteiger partial charge in [-0.1, -0.05) is 6.58 Å². The molecule has 0 atom stereocenters. The zero-order valence-corrected chi connectivity index (χ0v) is 7.66. The van der Waals surface area contributed by atoms with Gasteiger partial charge in [-0.05, 0) is 12.1 Å². The Kier molecular flexibility index (Phi) is 2.80. The van der Waals surface area contributed by atoms with E-state index in [-0.39, 0.29) is 0 Å². The molecule has 0 aliphatic carbocycles. The number of rotatable bonds is 2. The van der Waals surface area contributed by atoms with E-state index in [0.29, 0.717) is 28.2 Å². The van der Waals surface area contributed by atoms with Gasteiger partial charge in [0.25, 0.3) is 0 Å². The molecule has 0 aliphatic rings. The first-order valence-corrected chi connectivity index (χ1v) is 3.76. The van der Waals surface area contributed by atoms with E-state index in [1.165, 1.54) is 14.2 Å². The van der Waals surface area contributed by atoms with E-state index in [9.17, 15) is 5.11 Å². The van der Waals surface area contributed by atoms with Crippen molar-refractivity contribution in [1.29, 1.82) is 0 Å². The van der Waals surface area contributed by atoms with Gasteiger partial charge in [-0.2, -0.15) is 0 Å². The molecule has 13 heavy (non-hydrogen) atoms. The van der Waals surface area contributed by atoms with Gasteiger partial charge in [0.2, 0.25) is 0 Å². The number of ether oxygens (including phenoxy) is 2. The van der Waals surface area contributed by atoms with Crippen LogP contribution in [0.15, 0.2) is 12.1 Å². The smallest absolute Gasteiger partial charge is 0.126 e. The topological polar surface area (TPSA) is 41.5 Å². The third-order valence-corrected chi connectivity index (χ3v) is 1.83. The van der Waals surface area contributed by atoms with Crippen LogP contribution in [0.25, 0.3) is 12.8 Å². The zero-order valence-electron chi connectivity index (χ0n) is 7.66. The van der Waals surface area contributed by atoms with E-state index < -0.39 is 0 Å². The quantitative estimate of drug-likeness (QED) is 0.597. The highest BCUT2D eigenvalue weighted by Gasteiger charge is 1.98. The van der Waals surface area contributed by atoms with Crippen molar-refractivity contribution in [1.82, 2.24) is 0 Å². The average Bonchev–Trinajstić information content (AvgIpc) is 2.17. The molecule has 0 unspecified atom stereocenters. The molecule has 3 heteroatoms. The summed E-state index contributed by atoms with van der Waals surface area (Å²) in [5, 5.41) is 11.7. The Morgan fingerprint density at radius 3 is 2.23 bits per heavy atom. The predicted octanol–water partition coefficient (Wildman–Crippen LogP) is -0.788. The summed E-state index contributed by atoms with van der Waals surface area (Å²) in [5.41, 5.74) is 0. The number of hydrogen-bond donors (Lipinski definition) is 0. The maximum atomic E-state index is 10.7. The fourth-order valence-corrected chi connectivity index (χ4v) is 1.12. The van der Waals surface area contributed by atoms with Gasteiger partial charge >= 0.3 is 0 Å². The molecule has 0 saturated carbocycles. The summed E-state index contributed by atoms with van der Waals surface area (Å²) < 4.78 is 10.00. The fourth-order valence-electron chi connectivity index (χ4n) is 1.12. The molecule has 0 aromatic heterocycles. The van der Waals surface area contributed by atoms with Crippen LogP contribution in [-0.4, -0.2) is 14.2 Å². The van der Waals surface area contributed by atoms with Crippen molar-refractivity contribution in [2.75, 3.05) is 14.2 Å². The molecule has 0 bridgehead atoms. The van der Waals surface area contributed by atoms with Crippen LogP contribution in [0.4, 0.5) is 0 Å². The molecule has 1 aromatic carbocycles. The summed E-state index contributed by atoms with van der Waals surface area (Å²) in [4.78, 5) is 0. The first-order valence-electron chi connectivity index (χ1n) is 3.76. The SMILES string of the molecule is C=c1c(OC)ccc(OC)/c1=C\[O-]. The molecule has 3 nitrogen and oxygen atoms in total. The number of methoxy groups -OCH3 is 2. The second-order valence-corrected chi connectivity index (χ2v) is 2.48. The highest BCUT2D eigenvalue weighted by atomic mass is 16.5.